The molecule has 1 unspecified atom stereocenters. The molecule has 1 fully saturated rings. The van der Waals surface area contributed by atoms with E-state index < -0.39 is 6.10 Å². The summed E-state index contributed by atoms with van der Waals surface area (Å²) in [5.41, 5.74) is 1.12. The Labute approximate surface area is 119 Å². The summed E-state index contributed by atoms with van der Waals surface area (Å²) in [6.07, 6.45) is 0.0672. The van der Waals surface area contributed by atoms with Crippen LogP contribution in [0.3, 0.4) is 0 Å². The minimum absolute atomic E-state index is 0.302. The van der Waals surface area contributed by atoms with Crippen molar-refractivity contribution >= 4 is 5.97 Å². The Morgan fingerprint density at radius 1 is 1.35 bits per heavy atom. The highest BCUT2D eigenvalue weighted by molar-refractivity contribution is 5.77. The Balaban J connectivity index is 2.11. The topological polar surface area (TPSA) is 56.8 Å². The largest absolute Gasteiger partial charge is 0.490 e. The molecule has 0 aromatic heterocycles. The number of rotatable bonds is 7. The molecule has 5 nitrogen and oxygen atoms in total. The SMILES string of the molecule is CCNCc1ccc(OC2CCOC2=O)c(OCC)c1. The van der Waals surface area contributed by atoms with E-state index in [-0.39, 0.29) is 5.97 Å². The molecular weight excluding hydrogens is 258 g/mol. The molecule has 1 N–H and O–H groups in total. The van der Waals surface area contributed by atoms with Gasteiger partial charge in [0.25, 0.3) is 0 Å². The van der Waals surface area contributed by atoms with Crippen molar-refractivity contribution in [2.24, 2.45) is 0 Å². The van der Waals surface area contributed by atoms with Gasteiger partial charge in [-0.2, -0.15) is 0 Å². The molecule has 1 aliphatic rings. The molecule has 20 heavy (non-hydrogen) atoms. The number of cyclic esters (lactones) is 1. The van der Waals surface area contributed by atoms with E-state index in [0.717, 1.165) is 18.7 Å². The first-order valence-corrected chi connectivity index (χ1v) is 7.04. The minimum Gasteiger partial charge on any atom is -0.490 e. The molecule has 1 heterocycles. The van der Waals surface area contributed by atoms with E-state index in [2.05, 4.69) is 12.2 Å². The maximum atomic E-state index is 11.5. The molecule has 110 valence electrons. The van der Waals surface area contributed by atoms with Crippen LogP contribution in [0.4, 0.5) is 0 Å². The molecule has 1 aromatic rings. The van der Waals surface area contributed by atoms with E-state index in [1.54, 1.807) is 0 Å². The lowest BCUT2D eigenvalue weighted by atomic mass is 10.2. The molecule has 0 spiro atoms. The van der Waals surface area contributed by atoms with Crippen LogP contribution in [0, 0.1) is 0 Å². The average molecular weight is 279 g/mol. The first-order chi connectivity index (χ1) is 9.74. The van der Waals surface area contributed by atoms with Crippen LogP contribution in [0.25, 0.3) is 0 Å². The second kappa shape index (κ2) is 7.14. The fourth-order valence-corrected chi connectivity index (χ4v) is 2.04. The first kappa shape index (κ1) is 14.7. The van der Waals surface area contributed by atoms with Crippen molar-refractivity contribution in [3.8, 4) is 11.5 Å². The number of carbonyl (C=O) groups excluding carboxylic acids is 1. The molecule has 5 heteroatoms. The van der Waals surface area contributed by atoms with Gasteiger partial charge in [-0.1, -0.05) is 13.0 Å². The van der Waals surface area contributed by atoms with Crippen molar-refractivity contribution in [3.05, 3.63) is 23.8 Å². The van der Waals surface area contributed by atoms with Crippen LogP contribution < -0.4 is 14.8 Å². The van der Waals surface area contributed by atoms with Gasteiger partial charge in [0.05, 0.1) is 13.2 Å². The fourth-order valence-electron chi connectivity index (χ4n) is 2.04. The summed E-state index contributed by atoms with van der Waals surface area (Å²) in [5.74, 6) is 0.961. The predicted octanol–water partition coefficient (Wildman–Crippen LogP) is 1.89. The third kappa shape index (κ3) is 3.63. The molecular formula is C15H21NO4. The molecule has 1 aromatic carbocycles. The Bertz CT molecular complexity index is 461. The maximum absolute atomic E-state index is 11.5. The van der Waals surface area contributed by atoms with E-state index >= 15 is 0 Å². The van der Waals surface area contributed by atoms with Crippen molar-refractivity contribution in [1.82, 2.24) is 5.32 Å². The lowest BCUT2D eigenvalue weighted by molar-refractivity contribution is -0.143. The van der Waals surface area contributed by atoms with Gasteiger partial charge in [-0.15, -0.1) is 0 Å². The molecule has 1 aliphatic heterocycles. The van der Waals surface area contributed by atoms with Crippen molar-refractivity contribution < 1.29 is 19.0 Å². The summed E-state index contributed by atoms with van der Waals surface area (Å²) in [4.78, 5) is 11.5. The molecule has 0 aliphatic carbocycles. The number of ether oxygens (including phenoxy) is 3. The molecule has 0 amide bonds. The fraction of sp³-hybridized carbons (Fsp3) is 0.533. The normalized spacial score (nSPS) is 17.9. The van der Waals surface area contributed by atoms with Crippen LogP contribution in [-0.4, -0.2) is 31.8 Å². The van der Waals surface area contributed by atoms with Crippen LogP contribution >= 0.6 is 0 Å². The molecule has 1 saturated heterocycles. The van der Waals surface area contributed by atoms with Gasteiger partial charge < -0.3 is 19.5 Å². The second-order valence-corrected chi connectivity index (χ2v) is 4.56. The van der Waals surface area contributed by atoms with Gasteiger partial charge in [0.15, 0.2) is 17.6 Å². The van der Waals surface area contributed by atoms with Gasteiger partial charge in [-0.05, 0) is 31.2 Å². The lowest BCUT2D eigenvalue weighted by Gasteiger charge is -2.15. The first-order valence-electron chi connectivity index (χ1n) is 7.04. The van der Waals surface area contributed by atoms with Crippen LogP contribution in [0.2, 0.25) is 0 Å². The zero-order valence-corrected chi connectivity index (χ0v) is 12.0. The number of hydrogen-bond donors (Lipinski definition) is 1. The molecule has 1 atom stereocenters. The van der Waals surface area contributed by atoms with E-state index in [1.165, 1.54) is 0 Å². The Hall–Kier alpha value is -1.75. The van der Waals surface area contributed by atoms with Crippen molar-refractivity contribution in [2.45, 2.75) is 32.9 Å². The molecule has 2 rings (SSSR count). The van der Waals surface area contributed by atoms with E-state index in [1.807, 2.05) is 25.1 Å². The molecule has 0 bridgehead atoms. The second-order valence-electron chi connectivity index (χ2n) is 4.56. The maximum Gasteiger partial charge on any atom is 0.347 e. The summed E-state index contributed by atoms with van der Waals surface area (Å²) in [6.45, 7) is 6.65. The third-order valence-electron chi connectivity index (χ3n) is 3.04. The van der Waals surface area contributed by atoms with Crippen LogP contribution in [0.15, 0.2) is 18.2 Å². The summed E-state index contributed by atoms with van der Waals surface area (Å²) >= 11 is 0. The van der Waals surface area contributed by atoms with Crippen LogP contribution in [0.1, 0.15) is 25.8 Å². The van der Waals surface area contributed by atoms with E-state index in [4.69, 9.17) is 14.2 Å². The summed E-state index contributed by atoms with van der Waals surface area (Å²) in [5, 5.41) is 3.26. The van der Waals surface area contributed by atoms with Crippen molar-refractivity contribution in [1.29, 1.82) is 0 Å². The number of benzene rings is 1. The Morgan fingerprint density at radius 3 is 2.85 bits per heavy atom. The number of hydrogen-bond acceptors (Lipinski definition) is 5. The van der Waals surface area contributed by atoms with Crippen molar-refractivity contribution in [3.63, 3.8) is 0 Å². The number of esters is 1. The standard InChI is InChI=1S/C15H21NO4/c1-3-16-10-11-5-6-12(14(9-11)18-4-2)20-13-7-8-19-15(13)17/h5-6,9,13,16H,3-4,7-8,10H2,1-2H3. The van der Waals surface area contributed by atoms with Gasteiger partial charge >= 0.3 is 5.97 Å². The monoisotopic (exact) mass is 279 g/mol. The van der Waals surface area contributed by atoms with Gasteiger partial charge in [0.1, 0.15) is 0 Å². The van der Waals surface area contributed by atoms with Gasteiger partial charge in [-0.3, -0.25) is 0 Å². The Kier molecular flexibility index (Phi) is 5.24. The predicted molar refractivity (Wildman–Crippen MR) is 75.0 cm³/mol. The average Bonchev–Trinajstić information content (AvgIpc) is 2.85. The zero-order chi connectivity index (χ0) is 14.4. The molecule has 0 saturated carbocycles. The van der Waals surface area contributed by atoms with Crippen LogP contribution in [-0.2, 0) is 16.1 Å². The van der Waals surface area contributed by atoms with Gasteiger partial charge in [0, 0.05) is 13.0 Å². The molecule has 0 radical (unpaired) electrons. The highest BCUT2D eigenvalue weighted by atomic mass is 16.6. The minimum atomic E-state index is -0.520. The quantitative estimate of drug-likeness (QED) is 0.772. The summed E-state index contributed by atoms with van der Waals surface area (Å²) in [7, 11) is 0. The summed E-state index contributed by atoms with van der Waals surface area (Å²) < 4.78 is 16.2. The van der Waals surface area contributed by atoms with Crippen molar-refractivity contribution in [2.75, 3.05) is 19.8 Å². The highest BCUT2D eigenvalue weighted by Gasteiger charge is 2.29. The lowest BCUT2D eigenvalue weighted by Crippen LogP contribution is -2.22. The Morgan fingerprint density at radius 2 is 2.20 bits per heavy atom. The number of nitrogens with one attached hydrogen (secondary N) is 1. The zero-order valence-electron chi connectivity index (χ0n) is 12.0. The van der Waals surface area contributed by atoms with E-state index in [9.17, 15) is 4.79 Å². The summed E-state index contributed by atoms with van der Waals surface area (Å²) in [6, 6.07) is 5.77. The van der Waals surface area contributed by atoms with E-state index in [0.29, 0.717) is 31.1 Å². The number of carbonyl (C=O) groups is 1. The third-order valence-corrected chi connectivity index (χ3v) is 3.04. The van der Waals surface area contributed by atoms with Crippen LogP contribution in [0.5, 0.6) is 11.5 Å². The van der Waals surface area contributed by atoms with Gasteiger partial charge in [0.2, 0.25) is 0 Å². The highest BCUT2D eigenvalue weighted by Crippen LogP contribution is 2.30. The van der Waals surface area contributed by atoms with Gasteiger partial charge in [-0.25, -0.2) is 4.79 Å². The smallest absolute Gasteiger partial charge is 0.347 e.